The molecule has 0 radical (unpaired) electrons. The van der Waals surface area contributed by atoms with Gasteiger partial charge in [0.1, 0.15) is 11.6 Å². The Kier molecular flexibility index (Phi) is 8.27. The first-order valence-corrected chi connectivity index (χ1v) is 12.0. The minimum Gasteiger partial charge on any atom is -0.406 e. The number of urea groups is 1. The summed E-state index contributed by atoms with van der Waals surface area (Å²) in [5.41, 5.74) is 1.94. The molecular weight excluding hydrogens is 502 g/mol. The molecule has 7 nitrogen and oxygen atoms in total. The quantitative estimate of drug-likeness (QED) is 0.259. The monoisotopic (exact) mass is 527 g/mol. The standard InChI is InChI=1S/C24H25F4N3O4S/c1-4-31(22(33)29-16-6-9-18(10-7-16)35-24(26,27)28)17-8-5-14-13-20(19(25)12-15(14)11-17)36-23(2,3)21(32)30-34/h6-7,9-10,12-13,17H,4-5,8,11H2,1-3H3,(H,29,33). The van der Waals surface area contributed by atoms with Gasteiger partial charge in [0.05, 0.1) is 4.75 Å². The number of anilines is 1. The summed E-state index contributed by atoms with van der Waals surface area (Å²) in [5, 5.41) is 5.12. The summed E-state index contributed by atoms with van der Waals surface area (Å²) in [6.07, 6.45) is -3.21. The van der Waals surface area contributed by atoms with Gasteiger partial charge in [0.15, 0.2) is 0 Å². The summed E-state index contributed by atoms with van der Waals surface area (Å²) < 4.78 is 54.5. The van der Waals surface area contributed by atoms with Crippen molar-refractivity contribution in [3.05, 3.63) is 58.2 Å². The number of ether oxygens (including phenoxy) is 1. The van der Waals surface area contributed by atoms with Crippen LogP contribution in [-0.2, 0) is 17.6 Å². The molecule has 0 spiro atoms. The number of likely N-dealkylation sites (N-methyl/N-ethyl adjacent to an activating group) is 1. The highest BCUT2D eigenvalue weighted by atomic mass is 32.2. The normalized spacial score (nSPS) is 15.6. The maximum atomic E-state index is 14.9. The topological polar surface area (TPSA) is 88.1 Å². The lowest BCUT2D eigenvalue weighted by Crippen LogP contribution is -2.45. The number of thioether (sulfide) groups is 1. The molecular formula is C24H25F4N3O4S. The van der Waals surface area contributed by atoms with Gasteiger partial charge in [-0.1, -0.05) is 0 Å². The molecule has 0 bridgehead atoms. The molecule has 1 aliphatic carbocycles. The first-order chi connectivity index (χ1) is 16.8. The van der Waals surface area contributed by atoms with Gasteiger partial charge in [-0.3, -0.25) is 4.79 Å². The van der Waals surface area contributed by atoms with Crippen LogP contribution in [0.4, 0.5) is 28.0 Å². The van der Waals surface area contributed by atoms with Crippen LogP contribution in [0.3, 0.4) is 0 Å². The molecule has 1 N–H and O–H groups in total. The Morgan fingerprint density at radius 1 is 1.17 bits per heavy atom. The third-order valence-electron chi connectivity index (χ3n) is 5.80. The van der Waals surface area contributed by atoms with Crippen LogP contribution in [0, 0.1) is 10.7 Å². The lowest BCUT2D eigenvalue weighted by atomic mass is 9.87. The lowest BCUT2D eigenvalue weighted by molar-refractivity contribution is -0.274. The summed E-state index contributed by atoms with van der Waals surface area (Å²) in [5.74, 6) is -1.80. The molecule has 0 fully saturated rings. The van der Waals surface area contributed by atoms with Gasteiger partial charge < -0.3 is 15.0 Å². The van der Waals surface area contributed by atoms with Crippen molar-refractivity contribution in [1.29, 1.82) is 0 Å². The van der Waals surface area contributed by atoms with Crippen LogP contribution in [0.2, 0.25) is 0 Å². The van der Waals surface area contributed by atoms with Crippen molar-refractivity contribution in [2.24, 2.45) is 5.18 Å². The number of hydrogen-bond donors (Lipinski definition) is 1. The molecule has 0 aliphatic heterocycles. The number of benzene rings is 2. The van der Waals surface area contributed by atoms with E-state index in [0.29, 0.717) is 31.5 Å². The number of nitrogens with zero attached hydrogens (tertiary/aromatic N) is 2. The van der Waals surface area contributed by atoms with E-state index in [1.165, 1.54) is 32.0 Å². The number of halogens is 4. The molecule has 1 aliphatic rings. The van der Waals surface area contributed by atoms with Gasteiger partial charge in [0.25, 0.3) is 0 Å². The van der Waals surface area contributed by atoms with Gasteiger partial charge in [0.2, 0.25) is 0 Å². The average Bonchev–Trinajstić information content (AvgIpc) is 2.79. The second-order valence-corrected chi connectivity index (χ2v) is 10.4. The minimum atomic E-state index is -4.81. The Bertz CT molecular complexity index is 1140. The number of nitrogens with one attached hydrogen (secondary N) is 1. The summed E-state index contributed by atoms with van der Waals surface area (Å²) in [6, 6.07) is 7.25. The van der Waals surface area contributed by atoms with E-state index < -0.39 is 34.6 Å². The van der Waals surface area contributed by atoms with Gasteiger partial charge in [-0.25, -0.2) is 9.18 Å². The number of rotatable bonds is 7. The van der Waals surface area contributed by atoms with Crippen molar-refractivity contribution in [2.75, 3.05) is 11.9 Å². The van der Waals surface area contributed by atoms with Crippen molar-refractivity contribution < 1.29 is 31.9 Å². The van der Waals surface area contributed by atoms with E-state index in [4.69, 9.17) is 0 Å². The highest BCUT2D eigenvalue weighted by Crippen LogP contribution is 2.38. The molecule has 12 heteroatoms. The van der Waals surface area contributed by atoms with Crippen LogP contribution in [0.1, 0.15) is 38.3 Å². The number of aryl methyl sites for hydroxylation is 1. The van der Waals surface area contributed by atoms with Crippen molar-refractivity contribution in [3.8, 4) is 5.75 Å². The first kappa shape index (κ1) is 27.4. The summed E-state index contributed by atoms with van der Waals surface area (Å²) in [7, 11) is 0. The molecule has 0 saturated carbocycles. The van der Waals surface area contributed by atoms with Gasteiger partial charge in [-0.05, 0) is 87.6 Å². The van der Waals surface area contributed by atoms with Crippen LogP contribution >= 0.6 is 11.8 Å². The third-order valence-corrected chi connectivity index (χ3v) is 7.02. The minimum absolute atomic E-state index is 0.217. The predicted octanol–water partition coefficient (Wildman–Crippen LogP) is 6.30. The number of alkyl halides is 3. The maximum absolute atomic E-state index is 14.9. The smallest absolute Gasteiger partial charge is 0.406 e. The molecule has 194 valence electrons. The fourth-order valence-corrected chi connectivity index (χ4v) is 5.04. The molecule has 3 amide bonds. The molecule has 3 rings (SSSR count). The number of carbonyl (C=O) groups excluding carboxylic acids is 2. The van der Waals surface area contributed by atoms with Gasteiger partial charge in [0, 0.05) is 28.3 Å². The van der Waals surface area contributed by atoms with Crippen LogP contribution < -0.4 is 10.1 Å². The van der Waals surface area contributed by atoms with Crippen LogP contribution in [0.5, 0.6) is 5.75 Å². The largest absolute Gasteiger partial charge is 0.573 e. The van der Waals surface area contributed by atoms with E-state index in [9.17, 15) is 32.1 Å². The predicted molar refractivity (Wildman–Crippen MR) is 127 cm³/mol. The first-order valence-electron chi connectivity index (χ1n) is 11.1. The Labute approximate surface area is 209 Å². The molecule has 1 unspecified atom stereocenters. The Morgan fingerprint density at radius 3 is 2.42 bits per heavy atom. The fourth-order valence-electron chi connectivity index (χ4n) is 4.01. The highest BCUT2D eigenvalue weighted by Gasteiger charge is 2.33. The summed E-state index contributed by atoms with van der Waals surface area (Å²) >= 11 is 0.935. The van der Waals surface area contributed by atoms with E-state index in [0.717, 1.165) is 35.0 Å². The maximum Gasteiger partial charge on any atom is 0.573 e. The van der Waals surface area contributed by atoms with Crippen molar-refractivity contribution in [2.45, 2.75) is 62.1 Å². The fraction of sp³-hybridized carbons (Fsp3) is 0.417. The summed E-state index contributed by atoms with van der Waals surface area (Å²) in [4.78, 5) is 37.1. The van der Waals surface area contributed by atoms with Crippen LogP contribution in [-0.4, -0.2) is 40.5 Å². The zero-order valence-electron chi connectivity index (χ0n) is 19.8. The Balaban J connectivity index is 1.69. The SMILES string of the molecule is CCN(C(=O)Nc1ccc(OC(F)(F)F)cc1)C1CCc2cc(SC(C)(C)C(=O)N=O)c(F)cc2C1. The van der Waals surface area contributed by atoms with E-state index in [1.54, 1.807) is 17.9 Å². The van der Waals surface area contributed by atoms with Crippen molar-refractivity contribution >= 4 is 29.4 Å². The number of hydrogen-bond acceptors (Lipinski definition) is 5. The number of fused-ring (bicyclic) bond motifs is 1. The Morgan fingerprint density at radius 2 is 1.83 bits per heavy atom. The van der Waals surface area contributed by atoms with Crippen molar-refractivity contribution in [3.63, 3.8) is 0 Å². The van der Waals surface area contributed by atoms with E-state index >= 15 is 0 Å². The van der Waals surface area contributed by atoms with E-state index in [1.807, 2.05) is 0 Å². The van der Waals surface area contributed by atoms with Crippen LogP contribution in [0.25, 0.3) is 0 Å². The zero-order valence-corrected chi connectivity index (χ0v) is 20.6. The highest BCUT2D eigenvalue weighted by molar-refractivity contribution is 8.01. The second kappa shape index (κ2) is 10.9. The average molecular weight is 528 g/mol. The molecule has 2 aromatic carbocycles. The zero-order chi connectivity index (χ0) is 26.7. The van der Waals surface area contributed by atoms with Gasteiger partial charge in [-0.15, -0.1) is 29.8 Å². The van der Waals surface area contributed by atoms with Crippen LogP contribution in [0.15, 0.2) is 46.5 Å². The third kappa shape index (κ3) is 6.74. The van der Waals surface area contributed by atoms with Gasteiger partial charge in [-0.2, -0.15) is 0 Å². The molecule has 1 atom stereocenters. The molecule has 0 aromatic heterocycles. The van der Waals surface area contributed by atoms with Crippen molar-refractivity contribution in [1.82, 2.24) is 4.90 Å². The number of carbonyl (C=O) groups is 2. The van der Waals surface area contributed by atoms with E-state index in [-0.39, 0.29) is 10.9 Å². The number of amides is 3. The second-order valence-electron chi connectivity index (χ2n) is 8.75. The molecule has 0 saturated heterocycles. The number of nitroso groups, excluding NO2 is 1. The lowest BCUT2D eigenvalue weighted by Gasteiger charge is -2.35. The molecule has 2 aromatic rings. The molecule has 36 heavy (non-hydrogen) atoms. The van der Waals surface area contributed by atoms with Gasteiger partial charge >= 0.3 is 18.3 Å². The Hall–Kier alpha value is -3.15. The molecule has 0 heterocycles. The summed E-state index contributed by atoms with van der Waals surface area (Å²) in [6.45, 7) is 5.18. The van der Waals surface area contributed by atoms with E-state index in [2.05, 4.69) is 15.2 Å².